The van der Waals surface area contributed by atoms with E-state index in [9.17, 15) is 8.42 Å². The number of hydrogen-bond donors (Lipinski definition) is 0. The van der Waals surface area contributed by atoms with Gasteiger partial charge in [0, 0.05) is 18.1 Å². The van der Waals surface area contributed by atoms with Crippen molar-refractivity contribution in [3.05, 3.63) is 0 Å². The van der Waals surface area contributed by atoms with Gasteiger partial charge in [-0.3, -0.25) is 0 Å². The molecule has 3 aliphatic rings. The average molecular weight is 358 g/mol. The van der Waals surface area contributed by atoms with Gasteiger partial charge in [-0.05, 0) is 84.6 Å². The standard InChI is InChI=1S/C18H35N3O2S/c1-19-12-4-8-16(19)10-14-20-13-5-9-18(11-15-20)21(24(2,22)23)17-6-3-7-17/h16-18H,3-15H2,1-2H3/t16-,18+/m1/s1. The molecule has 2 atom stereocenters. The van der Waals surface area contributed by atoms with Crippen molar-refractivity contribution in [1.29, 1.82) is 0 Å². The number of rotatable bonds is 6. The summed E-state index contributed by atoms with van der Waals surface area (Å²) >= 11 is 0. The van der Waals surface area contributed by atoms with Gasteiger partial charge in [-0.2, -0.15) is 4.31 Å². The van der Waals surface area contributed by atoms with Crippen LogP contribution in [-0.4, -0.2) is 80.1 Å². The Kier molecular flexibility index (Phi) is 6.22. The zero-order chi connectivity index (χ0) is 17.2. The van der Waals surface area contributed by atoms with Gasteiger partial charge in [0.1, 0.15) is 0 Å². The van der Waals surface area contributed by atoms with E-state index in [0.29, 0.717) is 0 Å². The van der Waals surface area contributed by atoms with Crippen LogP contribution in [0.25, 0.3) is 0 Å². The largest absolute Gasteiger partial charge is 0.303 e. The van der Waals surface area contributed by atoms with Crippen LogP contribution >= 0.6 is 0 Å². The van der Waals surface area contributed by atoms with Crippen LogP contribution in [0.1, 0.15) is 57.8 Å². The van der Waals surface area contributed by atoms with Crippen LogP contribution in [0.3, 0.4) is 0 Å². The van der Waals surface area contributed by atoms with Crippen LogP contribution in [0.5, 0.6) is 0 Å². The summed E-state index contributed by atoms with van der Waals surface area (Å²) in [6.45, 7) is 4.61. The molecule has 2 heterocycles. The highest BCUT2D eigenvalue weighted by atomic mass is 32.2. The first-order valence-electron chi connectivity index (χ1n) is 9.86. The third-order valence-electron chi connectivity index (χ3n) is 6.42. The Hall–Kier alpha value is -0.170. The zero-order valence-corrected chi connectivity index (χ0v) is 16.3. The van der Waals surface area contributed by atoms with E-state index in [0.717, 1.165) is 51.2 Å². The molecule has 0 radical (unpaired) electrons. The second-order valence-corrected chi connectivity index (χ2v) is 10.1. The topological polar surface area (TPSA) is 43.9 Å². The van der Waals surface area contributed by atoms with Crippen molar-refractivity contribution in [3.8, 4) is 0 Å². The molecule has 0 aromatic heterocycles. The summed E-state index contributed by atoms with van der Waals surface area (Å²) in [6, 6.07) is 1.26. The molecular weight excluding hydrogens is 322 g/mol. The first-order valence-corrected chi connectivity index (χ1v) is 11.7. The second-order valence-electron chi connectivity index (χ2n) is 8.17. The summed E-state index contributed by atoms with van der Waals surface area (Å²) in [4.78, 5) is 5.08. The quantitative estimate of drug-likeness (QED) is 0.730. The molecule has 5 nitrogen and oxygen atoms in total. The van der Waals surface area contributed by atoms with Crippen LogP contribution < -0.4 is 0 Å². The van der Waals surface area contributed by atoms with E-state index in [1.165, 1.54) is 45.0 Å². The predicted molar refractivity (Wildman–Crippen MR) is 98.7 cm³/mol. The Balaban J connectivity index is 1.52. The Bertz CT molecular complexity index is 506. The average Bonchev–Trinajstić information content (AvgIpc) is 2.74. The van der Waals surface area contributed by atoms with Crippen molar-refractivity contribution in [2.75, 3.05) is 39.5 Å². The zero-order valence-electron chi connectivity index (χ0n) is 15.5. The van der Waals surface area contributed by atoms with E-state index in [-0.39, 0.29) is 12.1 Å². The summed E-state index contributed by atoms with van der Waals surface area (Å²) in [6.07, 6.45) is 11.8. The van der Waals surface area contributed by atoms with Gasteiger partial charge in [0.15, 0.2) is 0 Å². The number of likely N-dealkylation sites (tertiary alicyclic amines) is 2. The van der Waals surface area contributed by atoms with Crippen molar-refractivity contribution in [2.45, 2.75) is 75.9 Å². The normalized spacial score (nSPS) is 31.3. The van der Waals surface area contributed by atoms with E-state index in [1.54, 1.807) is 0 Å². The highest BCUT2D eigenvalue weighted by molar-refractivity contribution is 7.88. The lowest BCUT2D eigenvalue weighted by Crippen LogP contribution is -2.49. The molecule has 0 bridgehead atoms. The van der Waals surface area contributed by atoms with Crippen molar-refractivity contribution >= 4 is 10.0 Å². The SMILES string of the molecule is CN1CCC[C@@H]1CCN1CCC[C@H](N(C2CCC2)S(C)(=O)=O)CC1. The number of hydrogen-bond acceptors (Lipinski definition) is 4. The summed E-state index contributed by atoms with van der Waals surface area (Å²) in [5, 5.41) is 0. The second kappa shape index (κ2) is 8.02. The van der Waals surface area contributed by atoms with Crippen molar-refractivity contribution in [1.82, 2.24) is 14.1 Å². The van der Waals surface area contributed by atoms with Gasteiger partial charge in [0.05, 0.1) is 6.26 Å². The van der Waals surface area contributed by atoms with Gasteiger partial charge in [-0.25, -0.2) is 8.42 Å². The lowest BCUT2D eigenvalue weighted by molar-refractivity contribution is 0.160. The van der Waals surface area contributed by atoms with E-state index in [4.69, 9.17) is 0 Å². The minimum atomic E-state index is -3.08. The van der Waals surface area contributed by atoms with Crippen molar-refractivity contribution < 1.29 is 8.42 Å². The van der Waals surface area contributed by atoms with Crippen LogP contribution in [0, 0.1) is 0 Å². The Morgan fingerprint density at radius 3 is 2.17 bits per heavy atom. The molecule has 24 heavy (non-hydrogen) atoms. The molecule has 0 unspecified atom stereocenters. The maximum Gasteiger partial charge on any atom is 0.211 e. The van der Waals surface area contributed by atoms with Gasteiger partial charge < -0.3 is 9.80 Å². The fourth-order valence-corrected chi connectivity index (χ4v) is 6.28. The van der Waals surface area contributed by atoms with Gasteiger partial charge in [-0.1, -0.05) is 6.42 Å². The van der Waals surface area contributed by atoms with E-state index >= 15 is 0 Å². The van der Waals surface area contributed by atoms with Gasteiger partial charge >= 0.3 is 0 Å². The number of nitrogens with zero attached hydrogens (tertiary/aromatic N) is 3. The Morgan fingerprint density at radius 1 is 0.917 bits per heavy atom. The van der Waals surface area contributed by atoms with Crippen LogP contribution in [0.15, 0.2) is 0 Å². The fourth-order valence-electron chi connectivity index (χ4n) is 4.77. The molecule has 0 aromatic rings. The molecule has 2 aliphatic heterocycles. The Morgan fingerprint density at radius 2 is 1.58 bits per heavy atom. The smallest absolute Gasteiger partial charge is 0.211 e. The molecule has 6 heteroatoms. The van der Waals surface area contributed by atoms with Crippen LogP contribution in [0.4, 0.5) is 0 Å². The highest BCUT2D eigenvalue weighted by Crippen LogP contribution is 2.32. The van der Waals surface area contributed by atoms with Gasteiger partial charge in [0.25, 0.3) is 0 Å². The monoisotopic (exact) mass is 357 g/mol. The summed E-state index contributed by atoms with van der Waals surface area (Å²) < 4.78 is 26.5. The lowest BCUT2D eigenvalue weighted by atomic mass is 9.91. The first kappa shape index (κ1) is 18.6. The molecular formula is C18H35N3O2S. The maximum absolute atomic E-state index is 12.3. The van der Waals surface area contributed by atoms with E-state index in [1.807, 2.05) is 4.31 Å². The molecule has 0 aromatic carbocycles. The summed E-state index contributed by atoms with van der Waals surface area (Å²) in [5.41, 5.74) is 0. The van der Waals surface area contributed by atoms with Gasteiger partial charge in [-0.15, -0.1) is 0 Å². The molecule has 140 valence electrons. The van der Waals surface area contributed by atoms with Crippen LogP contribution in [-0.2, 0) is 10.0 Å². The lowest BCUT2D eigenvalue weighted by Gasteiger charge is -2.40. The minimum Gasteiger partial charge on any atom is -0.303 e. The summed E-state index contributed by atoms with van der Waals surface area (Å²) in [7, 11) is -0.834. The maximum atomic E-state index is 12.3. The molecule has 1 aliphatic carbocycles. The third kappa shape index (κ3) is 4.51. The molecule has 3 rings (SSSR count). The minimum absolute atomic E-state index is 0.226. The fraction of sp³-hybridized carbons (Fsp3) is 1.00. The molecule has 2 saturated heterocycles. The van der Waals surface area contributed by atoms with Crippen LogP contribution in [0.2, 0.25) is 0 Å². The highest BCUT2D eigenvalue weighted by Gasteiger charge is 2.37. The summed E-state index contributed by atoms with van der Waals surface area (Å²) in [5.74, 6) is 0. The molecule has 0 amide bonds. The molecule has 3 fully saturated rings. The molecule has 1 saturated carbocycles. The molecule has 0 spiro atoms. The predicted octanol–water partition coefficient (Wildman–Crippen LogP) is 2.14. The van der Waals surface area contributed by atoms with E-state index in [2.05, 4.69) is 16.8 Å². The number of sulfonamides is 1. The first-order chi connectivity index (χ1) is 11.4. The molecule has 0 N–H and O–H groups in total. The Labute approximate surface area is 148 Å². The van der Waals surface area contributed by atoms with Crippen molar-refractivity contribution in [2.24, 2.45) is 0 Å². The van der Waals surface area contributed by atoms with Crippen molar-refractivity contribution in [3.63, 3.8) is 0 Å². The third-order valence-corrected chi connectivity index (χ3v) is 7.78. The van der Waals surface area contributed by atoms with Gasteiger partial charge in [0.2, 0.25) is 10.0 Å². The van der Waals surface area contributed by atoms with E-state index < -0.39 is 10.0 Å².